The van der Waals surface area contributed by atoms with Gasteiger partial charge in [-0.15, -0.1) is 0 Å². The lowest BCUT2D eigenvalue weighted by Crippen LogP contribution is -1.98. The zero-order valence-electron chi connectivity index (χ0n) is 7.69. The van der Waals surface area contributed by atoms with Crippen LogP contribution < -0.4 is 5.73 Å². The van der Waals surface area contributed by atoms with Crippen LogP contribution in [0, 0.1) is 12.7 Å². The molecule has 12 heavy (non-hydrogen) atoms. The van der Waals surface area contributed by atoms with Crippen LogP contribution >= 0.6 is 0 Å². The standard InChI is InChI=1S/C10H14FN/c1-6(2)9-4-8(12)5-10(11)7(9)3/h4-6H,12H2,1-3H3. The lowest BCUT2D eigenvalue weighted by Gasteiger charge is -2.11. The summed E-state index contributed by atoms with van der Waals surface area (Å²) in [6, 6.07) is 3.20. The van der Waals surface area contributed by atoms with Gasteiger partial charge in [-0.05, 0) is 36.1 Å². The lowest BCUT2D eigenvalue weighted by molar-refractivity contribution is 0.613. The summed E-state index contributed by atoms with van der Waals surface area (Å²) in [6.07, 6.45) is 0. The van der Waals surface area contributed by atoms with E-state index in [1.807, 2.05) is 19.9 Å². The zero-order chi connectivity index (χ0) is 9.30. The molecule has 0 radical (unpaired) electrons. The summed E-state index contributed by atoms with van der Waals surface area (Å²) in [6.45, 7) is 5.84. The first-order valence-corrected chi connectivity index (χ1v) is 4.08. The van der Waals surface area contributed by atoms with Gasteiger partial charge in [0.2, 0.25) is 0 Å². The van der Waals surface area contributed by atoms with Crippen molar-refractivity contribution in [1.82, 2.24) is 0 Å². The predicted molar refractivity (Wildman–Crippen MR) is 49.6 cm³/mol. The van der Waals surface area contributed by atoms with E-state index in [-0.39, 0.29) is 5.82 Å². The van der Waals surface area contributed by atoms with Gasteiger partial charge in [0, 0.05) is 5.69 Å². The molecule has 0 unspecified atom stereocenters. The van der Waals surface area contributed by atoms with E-state index in [4.69, 9.17) is 5.73 Å². The fourth-order valence-electron chi connectivity index (χ4n) is 1.32. The Morgan fingerprint density at radius 1 is 1.33 bits per heavy atom. The van der Waals surface area contributed by atoms with Gasteiger partial charge in [-0.3, -0.25) is 0 Å². The topological polar surface area (TPSA) is 26.0 Å². The highest BCUT2D eigenvalue weighted by atomic mass is 19.1. The molecule has 0 bridgehead atoms. The van der Waals surface area contributed by atoms with Crippen LogP contribution in [0.25, 0.3) is 0 Å². The van der Waals surface area contributed by atoms with E-state index in [0.29, 0.717) is 17.2 Å². The van der Waals surface area contributed by atoms with Crippen LogP contribution in [0.2, 0.25) is 0 Å². The van der Waals surface area contributed by atoms with Crippen molar-refractivity contribution in [3.05, 3.63) is 29.1 Å². The number of hydrogen-bond acceptors (Lipinski definition) is 1. The van der Waals surface area contributed by atoms with Crippen molar-refractivity contribution in [2.75, 3.05) is 5.73 Å². The van der Waals surface area contributed by atoms with Crippen LogP contribution in [0.4, 0.5) is 10.1 Å². The summed E-state index contributed by atoms with van der Waals surface area (Å²) in [7, 11) is 0. The molecule has 0 spiro atoms. The van der Waals surface area contributed by atoms with E-state index in [0.717, 1.165) is 5.56 Å². The molecule has 0 aliphatic rings. The van der Waals surface area contributed by atoms with E-state index in [1.165, 1.54) is 6.07 Å². The van der Waals surface area contributed by atoms with E-state index >= 15 is 0 Å². The van der Waals surface area contributed by atoms with Gasteiger partial charge in [-0.25, -0.2) is 4.39 Å². The van der Waals surface area contributed by atoms with E-state index in [9.17, 15) is 4.39 Å². The molecule has 0 saturated heterocycles. The third-order valence-electron chi connectivity index (χ3n) is 2.03. The summed E-state index contributed by atoms with van der Waals surface area (Å²) in [5.74, 6) is 0.113. The van der Waals surface area contributed by atoms with Gasteiger partial charge in [0.25, 0.3) is 0 Å². The first-order valence-electron chi connectivity index (χ1n) is 4.08. The molecule has 0 atom stereocenters. The van der Waals surface area contributed by atoms with Crippen LogP contribution in [0.1, 0.15) is 30.9 Å². The molecule has 0 aliphatic carbocycles. The SMILES string of the molecule is Cc1c(F)cc(N)cc1C(C)C. The molecule has 1 nitrogen and oxygen atoms in total. The summed E-state index contributed by atoms with van der Waals surface area (Å²) in [5.41, 5.74) is 7.73. The highest BCUT2D eigenvalue weighted by molar-refractivity contribution is 5.46. The Labute approximate surface area is 72.4 Å². The maximum Gasteiger partial charge on any atom is 0.128 e. The van der Waals surface area contributed by atoms with Crippen LogP contribution in [-0.2, 0) is 0 Å². The van der Waals surface area contributed by atoms with Gasteiger partial charge in [0.05, 0.1) is 0 Å². The molecule has 0 fully saturated rings. The van der Waals surface area contributed by atoms with Crippen LogP contribution in [0.5, 0.6) is 0 Å². The smallest absolute Gasteiger partial charge is 0.128 e. The number of halogens is 1. The monoisotopic (exact) mass is 167 g/mol. The highest BCUT2D eigenvalue weighted by Gasteiger charge is 2.08. The molecule has 0 aromatic heterocycles. The van der Waals surface area contributed by atoms with Crippen molar-refractivity contribution < 1.29 is 4.39 Å². The number of nitrogens with two attached hydrogens (primary N) is 1. The molecule has 0 aliphatic heterocycles. The minimum Gasteiger partial charge on any atom is -0.399 e. The van der Waals surface area contributed by atoms with Crippen molar-refractivity contribution in [3.63, 3.8) is 0 Å². The molecule has 2 heteroatoms. The summed E-state index contributed by atoms with van der Waals surface area (Å²) in [5, 5.41) is 0. The number of anilines is 1. The van der Waals surface area contributed by atoms with Crippen molar-refractivity contribution >= 4 is 5.69 Å². The first-order chi connectivity index (χ1) is 5.52. The van der Waals surface area contributed by atoms with E-state index < -0.39 is 0 Å². The Bertz CT molecular complexity index is 292. The minimum atomic E-state index is -0.210. The molecule has 0 saturated carbocycles. The number of hydrogen-bond donors (Lipinski definition) is 1. The highest BCUT2D eigenvalue weighted by Crippen LogP contribution is 2.23. The largest absolute Gasteiger partial charge is 0.399 e. The number of rotatable bonds is 1. The van der Waals surface area contributed by atoms with Gasteiger partial charge in [-0.1, -0.05) is 13.8 Å². The maximum atomic E-state index is 13.1. The number of benzene rings is 1. The molecule has 0 amide bonds. The van der Waals surface area contributed by atoms with Crippen LogP contribution in [-0.4, -0.2) is 0 Å². The summed E-state index contributed by atoms with van der Waals surface area (Å²) in [4.78, 5) is 0. The molecular formula is C10H14FN. The van der Waals surface area contributed by atoms with E-state index in [1.54, 1.807) is 6.92 Å². The van der Waals surface area contributed by atoms with Crippen LogP contribution in [0.3, 0.4) is 0 Å². The fraction of sp³-hybridized carbons (Fsp3) is 0.400. The molecular weight excluding hydrogens is 153 g/mol. The van der Waals surface area contributed by atoms with E-state index in [2.05, 4.69) is 0 Å². The Hall–Kier alpha value is -1.05. The second-order valence-electron chi connectivity index (χ2n) is 3.37. The quantitative estimate of drug-likeness (QED) is 0.639. The molecule has 66 valence electrons. The molecule has 1 aromatic rings. The average molecular weight is 167 g/mol. The Balaban J connectivity index is 3.28. The number of nitrogen functional groups attached to an aromatic ring is 1. The normalized spacial score (nSPS) is 10.8. The van der Waals surface area contributed by atoms with Gasteiger partial charge < -0.3 is 5.73 Å². The van der Waals surface area contributed by atoms with Crippen molar-refractivity contribution in [2.24, 2.45) is 0 Å². The minimum absolute atomic E-state index is 0.210. The second-order valence-corrected chi connectivity index (χ2v) is 3.37. The third-order valence-corrected chi connectivity index (χ3v) is 2.03. The molecule has 1 rings (SSSR count). The van der Waals surface area contributed by atoms with Crippen molar-refractivity contribution in [1.29, 1.82) is 0 Å². The Morgan fingerprint density at radius 2 is 1.92 bits per heavy atom. The van der Waals surface area contributed by atoms with Gasteiger partial charge in [0.15, 0.2) is 0 Å². The van der Waals surface area contributed by atoms with Gasteiger partial charge >= 0.3 is 0 Å². The average Bonchev–Trinajstić information content (AvgIpc) is 1.96. The summed E-state index contributed by atoms with van der Waals surface area (Å²) >= 11 is 0. The summed E-state index contributed by atoms with van der Waals surface area (Å²) < 4.78 is 13.1. The zero-order valence-corrected chi connectivity index (χ0v) is 7.69. The fourth-order valence-corrected chi connectivity index (χ4v) is 1.32. The molecule has 2 N–H and O–H groups in total. The van der Waals surface area contributed by atoms with Crippen molar-refractivity contribution in [2.45, 2.75) is 26.7 Å². The Kier molecular flexibility index (Phi) is 2.36. The lowest BCUT2D eigenvalue weighted by atomic mass is 9.97. The second kappa shape index (κ2) is 3.13. The maximum absolute atomic E-state index is 13.1. The third kappa shape index (κ3) is 1.58. The van der Waals surface area contributed by atoms with Gasteiger partial charge in [0.1, 0.15) is 5.82 Å². The van der Waals surface area contributed by atoms with Crippen molar-refractivity contribution in [3.8, 4) is 0 Å². The Morgan fingerprint density at radius 3 is 2.42 bits per heavy atom. The first kappa shape index (κ1) is 9.04. The molecule has 1 aromatic carbocycles. The van der Waals surface area contributed by atoms with Gasteiger partial charge in [-0.2, -0.15) is 0 Å². The molecule has 0 heterocycles. The predicted octanol–water partition coefficient (Wildman–Crippen LogP) is 2.84. The van der Waals surface area contributed by atoms with Crippen LogP contribution in [0.15, 0.2) is 12.1 Å².